The number of hydrogen-bond acceptors (Lipinski definition) is 5. The van der Waals surface area contributed by atoms with Crippen molar-refractivity contribution < 1.29 is 4.79 Å². The fourth-order valence-corrected chi connectivity index (χ4v) is 3.33. The van der Waals surface area contributed by atoms with E-state index in [1.165, 1.54) is 12.4 Å². The van der Waals surface area contributed by atoms with Crippen molar-refractivity contribution in [1.29, 1.82) is 0 Å². The third-order valence-electron chi connectivity index (χ3n) is 4.92. The van der Waals surface area contributed by atoms with Gasteiger partial charge in [0.1, 0.15) is 5.82 Å². The van der Waals surface area contributed by atoms with Gasteiger partial charge in [-0.3, -0.25) is 9.59 Å². The van der Waals surface area contributed by atoms with E-state index in [2.05, 4.69) is 26.8 Å². The van der Waals surface area contributed by atoms with Crippen molar-refractivity contribution in [2.45, 2.75) is 19.3 Å². The highest BCUT2D eigenvalue weighted by atomic mass is 16.2. The lowest BCUT2D eigenvalue weighted by molar-refractivity contribution is -0.133. The van der Waals surface area contributed by atoms with Crippen LogP contribution in [-0.2, 0) is 4.79 Å². The van der Waals surface area contributed by atoms with Crippen molar-refractivity contribution >= 4 is 11.7 Å². The number of likely N-dealkylation sites (N-methyl/N-ethyl adjacent to an activating group) is 1. The number of nitrogens with one attached hydrogen (secondary N) is 1. The minimum atomic E-state index is -0.123. The zero-order valence-corrected chi connectivity index (χ0v) is 13.7. The van der Waals surface area contributed by atoms with Gasteiger partial charge in [-0.25, -0.2) is 4.98 Å². The Balaban J connectivity index is 1.47. The first-order chi connectivity index (χ1) is 11.1. The van der Waals surface area contributed by atoms with E-state index in [0.717, 1.165) is 57.9 Å². The van der Waals surface area contributed by atoms with E-state index in [1.807, 2.05) is 4.90 Å². The summed E-state index contributed by atoms with van der Waals surface area (Å²) in [7, 11) is 2.10. The Labute approximate surface area is 136 Å². The van der Waals surface area contributed by atoms with Crippen LogP contribution >= 0.6 is 0 Å². The SMILES string of the molecule is CN1CCN(C(=O)CC2CCN(c3cc(=O)[nH]cn3)CC2)CC1. The van der Waals surface area contributed by atoms with Crippen LogP contribution < -0.4 is 10.5 Å². The highest BCUT2D eigenvalue weighted by Gasteiger charge is 2.25. The van der Waals surface area contributed by atoms with Crippen molar-refractivity contribution in [3.63, 3.8) is 0 Å². The van der Waals surface area contributed by atoms with Gasteiger partial charge in [0.05, 0.1) is 6.33 Å². The standard InChI is InChI=1S/C16H25N5O2/c1-19-6-8-21(9-7-19)16(23)10-13-2-4-20(5-3-13)14-11-15(22)18-12-17-14/h11-13H,2-10H2,1H3,(H,17,18,22). The highest BCUT2D eigenvalue weighted by Crippen LogP contribution is 2.24. The Bertz CT molecular complexity index is 586. The molecule has 7 heteroatoms. The fraction of sp³-hybridized carbons (Fsp3) is 0.688. The number of aromatic nitrogens is 2. The van der Waals surface area contributed by atoms with Crippen LogP contribution in [0.25, 0.3) is 0 Å². The van der Waals surface area contributed by atoms with Crippen LogP contribution in [0.3, 0.4) is 0 Å². The second-order valence-corrected chi connectivity index (χ2v) is 6.59. The van der Waals surface area contributed by atoms with Gasteiger partial charge >= 0.3 is 0 Å². The number of H-pyrrole nitrogens is 1. The van der Waals surface area contributed by atoms with E-state index >= 15 is 0 Å². The number of rotatable bonds is 3. The first-order valence-electron chi connectivity index (χ1n) is 8.38. The molecule has 0 aromatic carbocycles. The van der Waals surface area contributed by atoms with Crippen LogP contribution in [0.15, 0.2) is 17.2 Å². The topological polar surface area (TPSA) is 72.5 Å². The third kappa shape index (κ3) is 4.10. The summed E-state index contributed by atoms with van der Waals surface area (Å²) < 4.78 is 0. The summed E-state index contributed by atoms with van der Waals surface area (Å²) in [6.07, 6.45) is 4.06. The molecule has 2 aliphatic rings. The van der Waals surface area contributed by atoms with Crippen LogP contribution in [-0.4, -0.2) is 72.0 Å². The molecule has 2 saturated heterocycles. The summed E-state index contributed by atoms with van der Waals surface area (Å²) in [5.74, 6) is 1.48. The summed E-state index contributed by atoms with van der Waals surface area (Å²) in [6.45, 7) is 5.36. The lowest BCUT2D eigenvalue weighted by atomic mass is 9.93. The minimum absolute atomic E-state index is 0.123. The molecule has 0 radical (unpaired) electrons. The van der Waals surface area contributed by atoms with Gasteiger partial charge < -0.3 is 19.7 Å². The van der Waals surface area contributed by atoms with Crippen molar-refractivity contribution in [3.8, 4) is 0 Å². The number of carbonyl (C=O) groups excluding carboxylic acids is 1. The van der Waals surface area contributed by atoms with Crippen LogP contribution in [0.5, 0.6) is 0 Å². The zero-order valence-electron chi connectivity index (χ0n) is 13.7. The van der Waals surface area contributed by atoms with Crippen LogP contribution in [0.2, 0.25) is 0 Å². The molecular weight excluding hydrogens is 294 g/mol. The van der Waals surface area contributed by atoms with Gasteiger partial charge in [-0.1, -0.05) is 0 Å². The predicted octanol–water partition coefficient (Wildman–Crippen LogP) is 0.150. The first kappa shape index (κ1) is 16.0. The molecule has 7 nitrogen and oxygen atoms in total. The Kier molecular flexibility index (Phi) is 4.95. The average Bonchev–Trinajstić information content (AvgIpc) is 2.56. The number of carbonyl (C=O) groups is 1. The number of piperidine rings is 1. The molecule has 126 valence electrons. The van der Waals surface area contributed by atoms with Gasteiger partial charge in [0.2, 0.25) is 5.91 Å². The van der Waals surface area contributed by atoms with Gasteiger partial charge in [0.15, 0.2) is 0 Å². The second-order valence-electron chi connectivity index (χ2n) is 6.59. The molecule has 1 amide bonds. The van der Waals surface area contributed by atoms with Crippen molar-refractivity contribution in [2.75, 3.05) is 51.2 Å². The smallest absolute Gasteiger partial charge is 0.252 e. The zero-order chi connectivity index (χ0) is 16.2. The summed E-state index contributed by atoms with van der Waals surface area (Å²) in [6, 6.07) is 1.54. The Morgan fingerprint density at radius 3 is 2.57 bits per heavy atom. The van der Waals surface area contributed by atoms with E-state index in [1.54, 1.807) is 0 Å². The molecule has 23 heavy (non-hydrogen) atoms. The number of amides is 1. The van der Waals surface area contributed by atoms with E-state index < -0.39 is 0 Å². The van der Waals surface area contributed by atoms with Crippen LogP contribution in [0.4, 0.5) is 5.82 Å². The normalized spacial score (nSPS) is 20.7. The molecule has 1 N–H and O–H groups in total. The van der Waals surface area contributed by atoms with Gasteiger partial charge in [0.25, 0.3) is 5.56 Å². The average molecular weight is 319 g/mol. The van der Waals surface area contributed by atoms with Crippen LogP contribution in [0, 0.1) is 5.92 Å². The van der Waals surface area contributed by atoms with Gasteiger partial charge in [-0.2, -0.15) is 0 Å². The van der Waals surface area contributed by atoms with E-state index in [-0.39, 0.29) is 5.56 Å². The van der Waals surface area contributed by atoms with Crippen molar-refractivity contribution in [2.24, 2.45) is 5.92 Å². The molecule has 0 atom stereocenters. The van der Waals surface area contributed by atoms with Crippen molar-refractivity contribution in [1.82, 2.24) is 19.8 Å². The number of hydrogen-bond donors (Lipinski definition) is 1. The highest BCUT2D eigenvalue weighted by molar-refractivity contribution is 5.76. The summed E-state index contributed by atoms with van der Waals surface area (Å²) in [5, 5.41) is 0. The molecule has 0 bridgehead atoms. The van der Waals surface area contributed by atoms with E-state index in [4.69, 9.17) is 0 Å². The fourth-order valence-electron chi connectivity index (χ4n) is 3.33. The minimum Gasteiger partial charge on any atom is -0.356 e. The second kappa shape index (κ2) is 7.12. The molecular formula is C16H25N5O2. The predicted molar refractivity (Wildman–Crippen MR) is 88.5 cm³/mol. The molecule has 2 fully saturated rings. The van der Waals surface area contributed by atoms with Crippen LogP contribution in [0.1, 0.15) is 19.3 Å². The molecule has 1 aromatic rings. The van der Waals surface area contributed by atoms with E-state index in [0.29, 0.717) is 18.2 Å². The maximum Gasteiger partial charge on any atom is 0.252 e. The Morgan fingerprint density at radius 2 is 1.91 bits per heavy atom. The van der Waals surface area contributed by atoms with Crippen molar-refractivity contribution in [3.05, 3.63) is 22.7 Å². The molecule has 3 rings (SSSR count). The summed E-state index contributed by atoms with van der Waals surface area (Å²) in [4.78, 5) is 36.9. The molecule has 0 aliphatic carbocycles. The molecule has 0 unspecified atom stereocenters. The molecule has 2 aliphatic heterocycles. The first-order valence-corrected chi connectivity index (χ1v) is 8.38. The molecule has 0 spiro atoms. The Morgan fingerprint density at radius 1 is 1.22 bits per heavy atom. The number of nitrogens with zero attached hydrogens (tertiary/aromatic N) is 4. The number of anilines is 1. The monoisotopic (exact) mass is 319 g/mol. The van der Waals surface area contributed by atoms with Gasteiger partial charge in [-0.05, 0) is 25.8 Å². The molecule has 1 aromatic heterocycles. The third-order valence-corrected chi connectivity index (χ3v) is 4.92. The summed E-state index contributed by atoms with van der Waals surface area (Å²) in [5.41, 5.74) is -0.123. The molecule has 0 saturated carbocycles. The lowest BCUT2D eigenvalue weighted by Crippen LogP contribution is -2.47. The van der Waals surface area contributed by atoms with E-state index in [9.17, 15) is 9.59 Å². The number of piperazine rings is 1. The number of aromatic amines is 1. The Hall–Kier alpha value is -1.89. The maximum absolute atomic E-state index is 12.4. The maximum atomic E-state index is 12.4. The molecule has 3 heterocycles. The van der Waals surface area contributed by atoms with Gasteiger partial charge in [0, 0.05) is 51.8 Å². The quantitative estimate of drug-likeness (QED) is 0.859. The summed E-state index contributed by atoms with van der Waals surface area (Å²) >= 11 is 0. The largest absolute Gasteiger partial charge is 0.356 e. The lowest BCUT2D eigenvalue weighted by Gasteiger charge is -2.35. The van der Waals surface area contributed by atoms with Gasteiger partial charge in [-0.15, -0.1) is 0 Å².